The lowest BCUT2D eigenvalue weighted by atomic mass is 10.1. The lowest BCUT2D eigenvalue weighted by Gasteiger charge is -2.24. The molecule has 0 spiro atoms. The molecule has 0 aromatic heterocycles. The lowest BCUT2D eigenvalue weighted by Crippen LogP contribution is -2.31. The summed E-state index contributed by atoms with van der Waals surface area (Å²) in [5.74, 6) is 0.525. The number of nitrogens with zero attached hydrogens (tertiary/aromatic N) is 1. The normalized spacial score (nSPS) is 12.4. The predicted octanol–water partition coefficient (Wildman–Crippen LogP) is 6.33. The molecule has 4 aromatic carbocycles. The zero-order valence-corrected chi connectivity index (χ0v) is 20.8. The van der Waals surface area contributed by atoms with Gasteiger partial charge in [-0.05, 0) is 60.5 Å². The van der Waals surface area contributed by atoms with Gasteiger partial charge in [-0.15, -0.1) is 0 Å². The lowest BCUT2D eigenvalue weighted by molar-refractivity contribution is 0.0947. The van der Waals surface area contributed by atoms with Crippen molar-refractivity contribution in [3.8, 4) is 5.75 Å². The van der Waals surface area contributed by atoms with Gasteiger partial charge in [0.25, 0.3) is 11.8 Å². The van der Waals surface area contributed by atoms with Crippen LogP contribution >= 0.6 is 11.8 Å². The van der Waals surface area contributed by atoms with Gasteiger partial charge in [-0.1, -0.05) is 66.4 Å². The average molecular weight is 495 g/mol. The van der Waals surface area contributed by atoms with Crippen molar-refractivity contribution in [3.63, 3.8) is 0 Å². The molecule has 0 aliphatic carbocycles. The van der Waals surface area contributed by atoms with Gasteiger partial charge in [0.1, 0.15) is 5.75 Å². The van der Waals surface area contributed by atoms with E-state index in [1.807, 2.05) is 104 Å². The Morgan fingerprint density at radius 3 is 2.39 bits per heavy atom. The molecule has 6 heteroatoms. The smallest absolute Gasteiger partial charge is 0.259 e. The summed E-state index contributed by atoms with van der Waals surface area (Å²) >= 11 is 1.55. The van der Waals surface area contributed by atoms with Crippen LogP contribution in [0.3, 0.4) is 0 Å². The number of carbonyl (C=O) groups excluding carboxylic acids is 2. The first kappa shape index (κ1) is 23.7. The van der Waals surface area contributed by atoms with Gasteiger partial charge in [-0.3, -0.25) is 9.59 Å². The number of hydrogen-bond donors (Lipinski definition) is 1. The van der Waals surface area contributed by atoms with E-state index in [-0.39, 0.29) is 11.8 Å². The van der Waals surface area contributed by atoms with Crippen LogP contribution in [0.5, 0.6) is 5.75 Å². The molecule has 0 unspecified atom stereocenters. The maximum absolute atomic E-state index is 13.8. The Kier molecular flexibility index (Phi) is 7.05. The zero-order valence-electron chi connectivity index (χ0n) is 19.9. The van der Waals surface area contributed by atoms with Gasteiger partial charge in [-0.2, -0.15) is 0 Å². The monoisotopic (exact) mass is 494 g/mol. The summed E-state index contributed by atoms with van der Waals surface area (Å²) < 4.78 is 5.56. The fraction of sp³-hybridized carbons (Fsp3) is 0.133. The Bertz CT molecular complexity index is 1390. The van der Waals surface area contributed by atoms with Crippen LogP contribution in [0.4, 0.5) is 5.69 Å². The van der Waals surface area contributed by atoms with Crippen molar-refractivity contribution >= 4 is 29.3 Å². The minimum absolute atomic E-state index is 0.0902. The minimum atomic E-state index is -0.179. The largest absolute Gasteiger partial charge is 0.494 e. The van der Waals surface area contributed by atoms with Crippen LogP contribution in [0.15, 0.2) is 107 Å². The summed E-state index contributed by atoms with van der Waals surface area (Å²) in [7, 11) is 0. The van der Waals surface area contributed by atoms with Gasteiger partial charge in [0.05, 0.1) is 24.4 Å². The van der Waals surface area contributed by atoms with E-state index in [1.54, 1.807) is 16.7 Å². The zero-order chi connectivity index (χ0) is 24.9. The first-order chi connectivity index (χ1) is 17.6. The highest BCUT2D eigenvalue weighted by molar-refractivity contribution is 7.99. The topological polar surface area (TPSA) is 58.6 Å². The molecule has 4 aromatic rings. The van der Waals surface area contributed by atoms with Gasteiger partial charge in [-0.25, -0.2) is 0 Å². The van der Waals surface area contributed by atoms with Crippen LogP contribution in [0.25, 0.3) is 0 Å². The first-order valence-corrected chi connectivity index (χ1v) is 12.7. The Hall–Kier alpha value is -4.03. The Balaban J connectivity index is 1.47. The van der Waals surface area contributed by atoms with Crippen LogP contribution in [0, 0.1) is 0 Å². The number of hydrogen-bond acceptors (Lipinski definition) is 4. The van der Waals surface area contributed by atoms with Crippen molar-refractivity contribution in [2.45, 2.75) is 29.8 Å². The molecule has 5 nitrogen and oxygen atoms in total. The third-order valence-corrected chi connectivity index (χ3v) is 7.11. The van der Waals surface area contributed by atoms with E-state index in [1.165, 1.54) is 0 Å². The van der Waals surface area contributed by atoms with E-state index >= 15 is 0 Å². The van der Waals surface area contributed by atoms with Crippen molar-refractivity contribution in [3.05, 3.63) is 119 Å². The quantitative estimate of drug-likeness (QED) is 0.326. The Morgan fingerprint density at radius 1 is 0.861 bits per heavy atom. The summed E-state index contributed by atoms with van der Waals surface area (Å²) in [5, 5.41) is 2.99. The fourth-order valence-electron chi connectivity index (χ4n) is 4.14. The maximum Gasteiger partial charge on any atom is 0.259 e. The van der Waals surface area contributed by atoms with Crippen molar-refractivity contribution in [1.29, 1.82) is 0 Å². The van der Waals surface area contributed by atoms with E-state index in [0.717, 1.165) is 32.4 Å². The van der Waals surface area contributed by atoms with Crippen LogP contribution in [-0.4, -0.2) is 18.4 Å². The minimum Gasteiger partial charge on any atom is -0.494 e. The molecule has 5 rings (SSSR count). The molecular formula is C30H26N2O3S. The number of nitrogens with one attached hydrogen (secondary N) is 1. The first-order valence-electron chi connectivity index (χ1n) is 11.9. The van der Waals surface area contributed by atoms with E-state index < -0.39 is 0 Å². The number of anilines is 1. The molecule has 0 atom stereocenters. The van der Waals surface area contributed by atoms with Crippen molar-refractivity contribution in [2.75, 3.05) is 11.5 Å². The van der Waals surface area contributed by atoms with Gasteiger partial charge in [0, 0.05) is 21.9 Å². The van der Waals surface area contributed by atoms with Crippen LogP contribution in [-0.2, 0) is 13.1 Å². The van der Waals surface area contributed by atoms with Crippen molar-refractivity contribution in [1.82, 2.24) is 5.32 Å². The standard InChI is InChI=1S/C30H26N2O3S/c1-2-35-24-15-12-22(13-16-24)20-32-26-18-23(29(33)31-19-21-8-4-3-5-9-21)14-17-28(26)36-27-11-7-6-10-25(27)30(32)34/h3-18H,2,19-20H2,1H3,(H,31,33). The average Bonchev–Trinajstić information content (AvgIpc) is 3.03. The third-order valence-electron chi connectivity index (χ3n) is 5.97. The highest BCUT2D eigenvalue weighted by Gasteiger charge is 2.28. The van der Waals surface area contributed by atoms with Gasteiger partial charge < -0.3 is 15.0 Å². The molecule has 2 amide bonds. The second-order valence-electron chi connectivity index (χ2n) is 8.42. The van der Waals surface area contributed by atoms with Crippen molar-refractivity contribution < 1.29 is 14.3 Å². The van der Waals surface area contributed by atoms with Gasteiger partial charge >= 0.3 is 0 Å². The SMILES string of the molecule is CCOc1ccc(CN2C(=O)c3ccccc3Sc3ccc(C(=O)NCc4ccccc4)cc32)cc1. The summed E-state index contributed by atoms with van der Waals surface area (Å²) in [6.45, 7) is 3.36. The van der Waals surface area contributed by atoms with Gasteiger partial charge in [0.15, 0.2) is 0 Å². The molecular weight excluding hydrogens is 468 g/mol. The molecule has 180 valence electrons. The molecule has 1 N–H and O–H groups in total. The fourth-order valence-corrected chi connectivity index (χ4v) is 5.20. The van der Waals surface area contributed by atoms with Crippen LogP contribution < -0.4 is 15.0 Å². The van der Waals surface area contributed by atoms with Crippen molar-refractivity contribution in [2.24, 2.45) is 0 Å². The van der Waals surface area contributed by atoms with E-state index in [2.05, 4.69) is 5.32 Å². The molecule has 0 fully saturated rings. The molecule has 0 radical (unpaired) electrons. The summed E-state index contributed by atoms with van der Waals surface area (Å²) in [6, 6.07) is 30.8. The predicted molar refractivity (Wildman–Crippen MR) is 143 cm³/mol. The number of carbonyl (C=O) groups is 2. The Labute approximate surface area is 215 Å². The van der Waals surface area contributed by atoms with Gasteiger partial charge in [0.2, 0.25) is 0 Å². The number of benzene rings is 4. The summed E-state index contributed by atoms with van der Waals surface area (Å²) in [4.78, 5) is 30.4. The maximum atomic E-state index is 13.8. The second-order valence-corrected chi connectivity index (χ2v) is 9.50. The molecule has 1 aliphatic rings. The summed E-state index contributed by atoms with van der Waals surface area (Å²) in [5.41, 5.74) is 3.89. The third kappa shape index (κ3) is 5.14. The number of fused-ring (bicyclic) bond motifs is 2. The highest BCUT2D eigenvalue weighted by atomic mass is 32.2. The Morgan fingerprint density at radius 2 is 1.61 bits per heavy atom. The van der Waals surface area contributed by atoms with Crippen LogP contribution in [0.2, 0.25) is 0 Å². The van der Waals surface area contributed by atoms with E-state index in [0.29, 0.717) is 30.8 Å². The molecule has 0 saturated carbocycles. The molecule has 0 bridgehead atoms. The molecule has 36 heavy (non-hydrogen) atoms. The van der Waals surface area contributed by atoms with Crippen LogP contribution in [0.1, 0.15) is 38.8 Å². The number of amides is 2. The number of ether oxygens (including phenoxy) is 1. The van der Waals surface area contributed by atoms with E-state index in [4.69, 9.17) is 4.74 Å². The number of rotatable bonds is 7. The highest BCUT2D eigenvalue weighted by Crippen LogP contribution is 2.42. The molecule has 0 saturated heterocycles. The summed E-state index contributed by atoms with van der Waals surface area (Å²) in [6.07, 6.45) is 0. The van der Waals surface area contributed by atoms with E-state index in [9.17, 15) is 9.59 Å². The molecule has 1 aliphatic heterocycles. The molecule has 1 heterocycles. The second kappa shape index (κ2) is 10.7.